The van der Waals surface area contributed by atoms with Gasteiger partial charge in [0.15, 0.2) is 0 Å². The summed E-state index contributed by atoms with van der Waals surface area (Å²) in [4.78, 5) is 34.2. The highest BCUT2D eigenvalue weighted by atomic mass is 16.2. The van der Waals surface area contributed by atoms with Crippen LogP contribution in [-0.4, -0.2) is 25.0 Å². The lowest BCUT2D eigenvalue weighted by Crippen LogP contribution is -2.36. The molecule has 0 saturated carbocycles. The lowest BCUT2D eigenvalue weighted by atomic mass is 10.1. The van der Waals surface area contributed by atoms with Crippen LogP contribution in [0.2, 0.25) is 0 Å². The minimum absolute atomic E-state index is 0.0577. The smallest absolute Gasteiger partial charge is 0.329 e. The molecule has 5 aromatic rings. The minimum atomic E-state index is -0.359. The molecule has 166 valence electrons. The molecule has 1 atom stereocenters. The van der Waals surface area contributed by atoms with E-state index in [-0.39, 0.29) is 24.2 Å². The van der Waals surface area contributed by atoms with Gasteiger partial charge in [0.2, 0.25) is 5.91 Å². The number of nitrogens with zero attached hydrogens (tertiary/aromatic N) is 3. The van der Waals surface area contributed by atoms with Gasteiger partial charge in [-0.15, -0.1) is 0 Å². The number of hydrogen-bond acceptors (Lipinski definition) is 3. The standard InChI is InChI=1S/C26H25N5O2/c1-2-30-22-14-8-9-15-23(22)31(26(30)33)17-24(32)27-21(16-18-10-4-3-5-11-18)25-28-19-12-6-7-13-20(19)29-25/h3-15,21H,2,16-17H2,1H3,(H,27,32)(H,28,29)/t21-/m0/s1. The van der Waals surface area contributed by atoms with Gasteiger partial charge >= 0.3 is 5.69 Å². The van der Waals surface area contributed by atoms with E-state index in [4.69, 9.17) is 4.98 Å². The molecule has 1 amide bonds. The Morgan fingerprint density at radius 3 is 2.33 bits per heavy atom. The first kappa shape index (κ1) is 20.8. The Hall–Kier alpha value is -4.13. The van der Waals surface area contributed by atoms with Crippen LogP contribution >= 0.6 is 0 Å². The van der Waals surface area contributed by atoms with Crippen LogP contribution in [0.5, 0.6) is 0 Å². The van der Waals surface area contributed by atoms with E-state index in [9.17, 15) is 9.59 Å². The molecule has 3 aromatic carbocycles. The molecule has 2 N–H and O–H groups in total. The van der Waals surface area contributed by atoms with E-state index >= 15 is 0 Å². The zero-order chi connectivity index (χ0) is 22.8. The summed E-state index contributed by atoms with van der Waals surface area (Å²) < 4.78 is 3.22. The van der Waals surface area contributed by atoms with Crippen molar-refractivity contribution in [3.63, 3.8) is 0 Å². The van der Waals surface area contributed by atoms with Gasteiger partial charge in [0.25, 0.3) is 0 Å². The van der Waals surface area contributed by atoms with Crippen molar-refractivity contribution in [2.45, 2.75) is 32.5 Å². The number of amides is 1. The zero-order valence-corrected chi connectivity index (χ0v) is 18.4. The molecule has 0 fully saturated rings. The Morgan fingerprint density at radius 2 is 1.61 bits per heavy atom. The molecule has 7 heteroatoms. The normalized spacial score (nSPS) is 12.3. The number of carbonyl (C=O) groups is 1. The van der Waals surface area contributed by atoms with E-state index in [1.54, 1.807) is 4.57 Å². The summed E-state index contributed by atoms with van der Waals surface area (Å²) in [5.74, 6) is 0.453. The molecule has 0 unspecified atom stereocenters. The largest absolute Gasteiger partial charge is 0.344 e. The van der Waals surface area contributed by atoms with Crippen molar-refractivity contribution in [2.75, 3.05) is 0 Å². The number of aryl methyl sites for hydroxylation is 1. The highest BCUT2D eigenvalue weighted by Gasteiger charge is 2.21. The average molecular weight is 440 g/mol. The van der Waals surface area contributed by atoms with Crippen molar-refractivity contribution < 1.29 is 4.79 Å². The summed E-state index contributed by atoms with van der Waals surface area (Å²) in [5.41, 5.74) is 4.25. The monoisotopic (exact) mass is 439 g/mol. The van der Waals surface area contributed by atoms with Gasteiger partial charge in [-0.2, -0.15) is 0 Å². The quantitative estimate of drug-likeness (QED) is 0.405. The third-order valence-electron chi connectivity index (χ3n) is 5.90. The molecule has 5 rings (SSSR count). The highest BCUT2D eigenvalue weighted by Crippen LogP contribution is 2.20. The number of rotatable bonds is 7. The van der Waals surface area contributed by atoms with Crippen LogP contribution in [0.3, 0.4) is 0 Å². The van der Waals surface area contributed by atoms with Crippen LogP contribution in [0.25, 0.3) is 22.1 Å². The van der Waals surface area contributed by atoms with Crippen LogP contribution in [0.1, 0.15) is 24.4 Å². The maximum absolute atomic E-state index is 13.2. The van der Waals surface area contributed by atoms with E-state index < -0.39 is 0 Å². The lowest BCUT2D eigenvalue weighted by Gasteiger charge is -2.17. The highest BCUT2D eigenvalue weighted by molar-refractivity contribution is 5.81. The van der Waals surface area contributed by atoms with Crippen molar-refractivity contribution >= 4 is 28.0 Å². The molecule has 2 aromatic heterocycles. The minimum Gasteiger partial charge on any atom is -0.344 e. The van der Waals surface area contributed by atoms with Gasteiger partial charge < -0.3 is 10.3 Å². The van der Waals surface area contributed by atoms with Crippen LogP contribution in [0.4, 0.5) is 0 Å². The Kier molecular flexibility index (Phi) is 5.52. The lowest BCUT2D eigenvalue weighted by molar-refractivity contribution is -0.122. The third kappa shape index (κ3) is 4.05. The second kappa shape index (κ2) is 8.78. The van der Waals surface area contributed by atoms with E-state index in [2.05, 4.69) is 10.3 Å². The third-order valence-corrected chi connectivity index (χ3v) is 5.90. The van der Waals surface area contributed by atoms with Crippen LogP contribution < -0.4 is 11.0 Å². The van der Waals surface area contributed by atoms with Crippen molar-refractivity contribution in [3.8, 4) is 0 Å². The summed E-state index contributed by atoms with van der Waals surface area (Å²) in [7, 11) is 0. The van der Waals surface area contributed by atoms with Gasteiger partial charge in [-0.05, 0) is 43.2 Å². The Bertz CT molecular complexity index is 1450. The topological polar surface area (TPSA) is 84.7 Å². The Balaban J connectivity index is 1.46. The second-order valence-corrected chi connectivity index (χ2v) is 8.05. The Morgan fingerprint density at radius 1 is 0.939 bits per heavy atom. The number of hydrogen-bond donors (Lipinski definition) is 2. The van der Waals surface area contributed by atoms with Gasteiger partial charge in [0.05, 0.1) is 28.1 Å². The average Bonchev–Trinajstić information content (AvgIpc) is 3.38. The molecule has 0 aliphatic carbocycles. The van der Waals surface area contributed by atoms with Crippen LogP contribution in [-0.2, 0) is 24.3 Å². The number of H-pyrrole nitrogens is 1. The predicted molar refractivity (Wildman–Crippen MR) is 129 cm³/mol. The first-order valence-electron chi connectivity index (χ1n) is 11.1. The molecule has 33 heavy (non-hydrogen) atoms. The van der Waals surface area contributed by atoms with Gasteiger partial charge in [0, 0.05) is 6.54 Å². The summed E-state index contributed by atoms with van der Waals surface area (Å²) in [6.07, 6.45) is 0.581. The summed E-state index contributed by atoms with van der Waals surface area (Å²) in [6, 6.07) is 25.0. The Labute approximate surface area is 190 Å². The molecule has 0 aliphatic rings. The number of carbonyl (C=O) groups excluding carboxylic acids is 1. The second-order valence-electron chi connectivity index (χ2n) is 8.05. The fraction of sp³-hybridized carbons (Fsp3) is 0.192. The van der Waals surface area contributed by atoms with E-state index in [0.29, 0.717) is 18.8 Å². The van der Waals surface area contributed by atoms with Crippen molar-refractivity contribution in [1.29, 1.82) is 0 Å². The van der Waals surface area contributed by atoms with Gasteiger partial charge in [-0.1, -0.05) is 54.6 Å². The number of imidazole rings is 2. The first-order valence-corrected chi connectivity index (χ1v) is 11.1. The zero-order valence-electron chi connectivity index (χ0n) is 18.4. The van der Waals surface area contributed by atoms with Crippen molar-refractivity contribution in [2.24, 2.45) is 0 Å². The number of nitrogens with one attached hydrogen (secondary N) is 2. The van der Waals surface area contributed by atoms with Gasteiger partial charge in [-0.3, -0.25) is 13.9 Å². The number of fused-ring (bicyclic) bond motifs is 2. The number of para-hydroxylation sites is 4. The van der Waals surface area contributed by atoms with Crippen molar-refractivity contribution in [1.82, 2.24) is 24.4 Å². The molecular weight excluding hydrogens is 414 g/mol. The van der Waals surface area contributed by atoms with E-state index in [1.165, 1.54) is 4.57 Å². The fourth-order valence-electron chi connectivity index (χ4n) is 4.32. The molecule has 0 spiro atoms. The molecule has 0 aliphatic heterocycles. The SMILES string of the molecule is CCn1c(=O)n(CC(=O)N[C@@H](Cc2ccccc2)c2nc3ccccc3[nH]2)c2ccccc21. The number of aromatic nitrogens is 4. The van der Waals surface area contributed by atoms with Crippen molar-refractivity contribution in [3.05, 3.63) is 101 Å². The predicted octanol–water partition coefficient (Wildman–Crippen LogP) is 3.80. The van der Waals surface area contributed by atoms with Gasteiger partial charge in [0.1, 0.15) is 12.4 Å². The molecular formula is C26H25N5O2. The molecule has 7 nitrogen and oxygen atoms in total. The molecule has 0 saturated heterocycles. The fourth-order valence-corrected chi connectivity index (χ4v) is 4.32. The van der Waals surface area contributed by atoms with Gasteiger partial charge in [-0.25, -0.2) is 9.78 Å². The number of benzene rings is 3. The number of aromatic amines is 1. The first-order chi connectivity index (χ1) is 16.1. The summed E-state index contributed by atoms with van der Waals surface area (Å²) >= 11 is 0. The summed E-state index contributed by atoms with van der Waals surface area (Å²) in [5, 5.41) is 3.11. The maximum atomic E-state index is 13.2. The molecule has 0 radical (unpaired) electrons. The summed E-state index contributed by atoms with van der Waals surface area (Å²) in [6.45, 7) is 2.41. The maximum Gasteiger partial charge on any atom is 0.329 e. The van der Waals surface area contributed by atoms with Crippen LogP contribution in [0.15, 0.2) is 83.7 Å². The van der Waals surface area contributed by atoms with Crippen LogP contribution in [0, 0.1) is 0 Å². The molecule has 0 bridgehead atoms. The molecule has 2 heterocycles. The van der Waals surface area contributed by atoms with E-state index in [0.717, 1.165) is 27.6 Å². The van der Waals surface area contributed by atoms with E-state index in [1.807, 2.05) is 85.8 Å².